The van der Waals surface area contributed by atoms with Gasteiger partial charge in [0.15, 0.2) is 0 Å². The molecular weight excluding hydrogens is 288 g/mol. The molecule has 3 heterocycles. The van der Waals surface area contributed by atoms with Gasteiger partial charge in [0.05, 0.1) is 22.3 Å². The van der Waals surface area contributed by atoms with Crippen LogP contribution < -0.4 is 5.32 Å². The van der Waals surface area contributed by atoms with E-state index >= 15 is 0 Å². The average Bonchev–Trinajstić information content (AvgIpc) is 3.06. The Morgan fingerprint density at radius 2 is 2.50 bits per heavy atom. The van der Waals surface area contributed by atoms with E-state index in [9.17, 15) is 0 Å². The van der Waals surface area contributed by atoms with Gasteiger partial charge >= 0.3 is 0 Å². The lowest BCUT2D eigenvalue weighted by Gasteiger charge is -2.40. The summed E-state index contributed by atoms with van der Waals surface area (Å²) >= 11 is 3.81. The summed E-state index contributed by atoms with van der Waals surface area (Å²) in [4.78, 5) is 4.73. The van der Waals surface area contributed by atoms with E-state index in [1.165, 1.54) is 35.0 Å². The van der Waals surface area contributed by atoms with Crippen LogP contribution in [0.25, 0.3) is 0 Å². The minimum Gasteiger partial charge on any atom is -0.374 e. The van der Waals surface area contributed by atoms with Gasteiger partial charge in [0.2, 0.25) is 0 Å². The van der Waals surface area contributed by atoms with Crippen LogP contribution >= 0.6 is 23.1 Å². The van der Waals surface area contributed by atoms with Gasteiger partial charge in [-0.2, -0.15) is 11.8 Å². The molecule has 1 aromatic heterocycles. The van der Waals surface area contributed by atoms with E-state index in [1.807, 2.05) is 11.8 Å². The van der Waals surface area contributed by atoms with Gasteiger partial charge in [-0.15, -0.1) is 11.3 Å². The molecule has 112 valence electrons. The van der Waals surface area contributed by atoms with Crippen LogP contribution in [0, 0.1) is 12.8 Å². The lowest BCUT2D eigenvalue weighted by atomic mass is 9.80. The van der Waals surface area contributed by atoms with Crippen molar-refractivity contribution >= 4 is 23.1 Å². The SMILES string of the molecule is CCNC(c1csc(C)n1)C1CCOC2(CCSC2)C1. The van der Waals surface area contributed by atoms with Gasteiger partial charge in [0, 0.05) is 17.7 Å². The lowest BCUT2D eigenvalue weighted by Crippen LogP contribution is -2.43. The Labute approximate surface area is 129 Å². The smallest absolute Gasteiger partial charge is 0.0898 e. The van der Waals surface area contributed by atoms with Crippen molar-refractivity contribution in [3.63, 3.8) is 0 Å². The third kappa shape index (κ3) is 3.06. The van der Waals surface area contributed by atoms with E-state index < -0.39 is 0 Å². The molecule has 5 heteroatoms. The molecule has 3 atom stereocenters. The number of ether oxygens (including phenoxy) is 1. The van der Waals surface area contributed by atoms with Crippen molar-refractivity contribution in [2.45, 2.75) is 44.8 Å². The van der Waals surface area contributed by atoms with Gasteiger partial charge in [-0.05, 0) is 44.4 Å². The normalized spacial score (nSPS) is 31.8. The molecule has 1 aromatic rings. The molecule has 3 unspecified atom stereocenters. The van der Waals surface area contributed by atoms with E-state index in [2.05, 4.69) is 24.5 Å². The number of rotatable bonds is 4. The van der Waals surface area contributed by atoms with Crippen LogP contribution in [0.2, 0.25) is 0 Å². The highest BCUT2D eigenvalue weighted by atomic mass is 32.2. The largest absolute Gasteiger partial charge is 0.374 e. The van der Waals surface area contributed by atoms with E-state index in [1.54, 1.807) is 11.3 Å². The van der Waals surface area contributed by atoms with Crippen molar-refractivity contribution in [3.05, 3.63) is 16.1 Å². The fourth-order valence-electron chi connectivity index (χ4n) is 3.47. The van der Waals surface area contributed by atoms with Crippen LogP contribution in [0.1, 0.15) is 42.9 Å². The number of nitrogens with zero attached hydrogens (tertiary/aromatic N) is 1. The summed E-state index contributed by atoms with van der Waals surface area (Å²) in [7, 11) is 0. The maximum atomic E-state index is 6.16. The molecule has 20 heavy (non-hydrogen) atoms. The summed E-state index contributed by atoms with van der Waals surface area (Å²) in [5.41, 5.74) is 1.40. The minimum atomic E-state index is 0.159. The van der Waals surface area contributed by atoms with Gasteiger partial charge in [-0.3, -0.25) is 0 Å². The summed E-state index contributed by atoms with van der Waals surface area (Å²) in [6.45, 7) is 6.19. The maximum absolute atomic E-state index is 6.16. The van der Waals surface area contributed by atoms with E-state index in [0.29, 0.717) is 12.0 Å². The Balaban J connectivity index is 1.76. The molecule has 2 saturated heterocycles. The second-order valence-electron chi connectivity index (χ2n) is 5.91. The first-order chi connectivity index (χ1) is 9.72. The molecule has 0 amide bonds. The van der Waals surface area contributed by atoms with Crippen LogP contribution in [-0.4, -0.2) is 35.2 Å². The molecule has 3 rings (SSSR count). The number of thioether (sulfide) groups is 1. The summed E-state index contributed by atoms with van der Waals surface area (Å²) in [6, 6.07) is 0.399. The molecule has 0 saturated carbocycles. The highest BCUT2D eigenvalue weighted by molar-refractivity contribution is 7.99. The predicted octanol–water partition coefficient (Wildman–Crippen LogP) is 3.40. The first-order valence-corrected chi connectivity index (χ1v) is 9.63. The van der Waals surface area contributed by atoms with E-state index in [-0.39, 0.29) is 5.60 Å². The maximum Gasteiger partial charge on any atom is 0.0898 e. The number of nitrogens with one attached hydrogen (secondary N) is 1. The first-order valence-electron chi connectivity index (χ1n) is 7.59. The fourth-order valence-corrected chi connectivity index (χ4v) is 5.50. The molecule has 2 aliphatic rings. The van der Waals surface area contributed by atoms with E-state index in [0.717, 1.165) is 19.6 Å². The van der Waals surface area contributed by atoms with Crippen molar-refractivity contribution in [2.75, 3.05) is 24.7 Å². The highest BCUT2D eigenvalue weighted by Gasteiger charge is 2.42. The Morgan fingerprint density at radius 3 is 3.15 bits per heavy atom. The summed E-state index contributed by atoms with van der Waals surface area (Å²) < 4.78 is 6.16. The van der Waals surface area contributed by atoms with Crippen LogP contribution in [0.3, 0.4) is 0 Å². The van der Waals surface area contributed by atoms with Gasteiger partial charge in [-0.1, -0.05) is 6.92 Å². The van der Waals surface area contributed by atoms with Crippen LogP contribution in [0.4, 0.5) is 0 Å². The summed E-state index contributed by atoms with van der Waals surface area (Å²) in [6.07, 6.45) is 3.57. The zero-order chi connectivity index (χ0) is 14.0. The topological polar surface area (TPSA) is 34.2 Å². The number of hydrogen-bond acceptors (Lipinski definition) is 5. The molecule has 1 spiro atoms. The standard InChI is InChI=1S/C15H24N2OS2/c1-3-16-14(13-9-20-11(2)17-13)12-4-6-18-15(8-12)5-7-19-10-15/h9,12,14,16H,3-8,10H2,1-2H3. The lowest BCUT2D eigenvalue weighted by molar-refractivity contribution is -0.0855. The number of aryl methyl sites for hydroxylation is 1. The zero-order valence-corrected chi connectivity index (χ0v) is 14.0. The van der Waals surface area contributed by atoms with Crippen molar-refractivity contribution in [2.24, 2.45) is 5.92 Å². The fraction of sp³-hybridized carbons (Fsp3) is 0.800. The second-order valence-corrected chi connectivity index (χ2v) is 8.08. The van der Waals surface area contributed by atoms with Gasteiger partial charge in [0.25, 0.3) is 0 Å². The van der Waals surface area contributed by atoms with Gasteiger partial charge < -0.3 is 10.1 Å². The van der Waals surface area contributed by atoms with Crippen LogP contribution in [-0.2, 0) is 4.74 Å². The molecule has 0 aliphatic carbocycles. The number of thiazole rings is 1. The number of hydrogen-bond donors (Lipinski definition) is 1. The van der Waals surface area contributed by atoms with Crippen LogP contribution in [0.15, 0.2) is 5.38 Å². The van der Waals surface area contributed by atoms with Gasteiger partial charge in [-0.25, -0.2) is 4.98 Å². The van der Waals surface area contributed by atoms with E-state index in [4.69, 9.17) is 9.72 Å². The summed E-state index contributed by atoms with van der Waals surface area (Å²) in [5, 5.41) is 7.07. The Bertz CT molecular complexity index is 443. The van der Waals surface area contributed by atoms with Crippen molar-refractivity contribution in [1.82, 2.24) is 10.3 Å². The third-order valence-electron chi connectivity index (χ3n) is 4.45. The Kier molecular flexibility index (Phi) is 4.70. The molecule has 2 fully saturated rings. The average molecular weight is 313 g/mol. The quantitative estimate of drug-likeness (QED) is 0.924. The third-order valence-corrected chi connectivity index (χ3v) is 6.46. The monoisotopic (exact) mass is 312 g/mol. The van der Waals surface area contributed by atoms with Crippen molar-refractivity contribution in [1.29, 1.82) is 0 Å². The molecule has 0 bridgehead atoms. The second kappa shape index (κ2) is 6.34. The molecule has 0 aromatic carbocycles. The zero-order valence-electron chi connectivity index (χ0n) is 12.4. The van der Waals surface area contributed by atoms with Gasteiger partial charge in [0.1, 0.15) is 0 Å². The Morgan fingerprint density at radius 1 is 1.60 bits per heavy atom. The summed E-state index contributed by atoms with van der Waals surface area (Å²) in [5.74, 6) is 3.09. The molecular formula is C15H24N2OS2. The Hall–Kier alpha value is -0.100. The minimum absolute atomic E-state index is 0.159. The molecule has 1 N–H and O–H groups in total. The first kappa shape index (κ1) is 14.8. The van der Waals surface area contributed by atoms with Crippen LogP contribution in [0.5, 0.6) is 0 Å². The van der Waals surface area contributed by atoms with Crippen molar-refractivity contribution in [3.8, 4) is 0 Å². The highest BCUT2D eigenvalue weighted by Crippen LogP contribution is 2.44. The molecule has 0 radical (unpaired) electrons. The predicted molar refractivity (Wildman–Crippen MR) is 86.6 cm³/mol. The number of aromatic nitrogens is 1. The molecule has 2 aliphatic heterocycles. The molecule has 3 nitrogen and oxygen atoms in total. The van der Waals surface area contributed by atoms with Crippen molar-refractivity contribution < 1.29 is 4.74 Å².